The van der Waals surface area contributed by atoms with Crippen molar-refractivity contribution in [1.82, 2.24) is 0 Å². The molecule has 3 heteroatoms. The zero-order chi connectivity index (χ0) is 14.5. The molecule has 3 nitrogen and oxygen atoms in total. The number of hydrogen-bond donors (Lipinski definition) is 1. The summed E-state index contributed by atoms with van der Waals surface area (Å²) >= 11 is 0. The lowest BCUT2D eigenvalue weighted by atomic mass is 10.1. The van der Waals surface area contributed by atoms with Crippen molar-refractivity contribution in [3.05, 3.63) is 70.3 Å². The third-order valence-electron chi connectivity index (χ3n) is 3.23. The number of benzene rings is 2. The Balaban J connectivity index is 2.02. The highest BCUT2D eigenvalue weighted by Gasteiger charge is 2.01. The van der Waals surface area contributed by atoms with Gasteiger partial charge in [-0.3, -0.25) is 0 Å². The molecule has 0 fully saturated rings. The van der Waals surface area contributed by atoms with Crippen LogP contribution in [0.2, 0.25) is 0 Å². The average molecular weight is 268 g/mol. The maximum Gasteiger partial charge on any atom is 0.170 e. The molecule has 2 N–H and O–H groups in total. The number of nitrogens with two attached hydrogens (primary N) is 1. The van der Waals surface area contributed by atoms with Gasteiger partial charge in [-0.25, -0.2) is 0 Å². The summed E-state index contributed by atoms with van der Waals surface area (Å²) in [6.45, 7) is 6.59. The van der Waals surface area contributed by atoms with Gasteiger partial charge in [0.25, 0.3) is 0 Å². The number of nitrogens with zero attached hydrogens (tertiary/aromatic N) is 1. The Morgan fingerprint density at radius 2 is 1.65 bits per heavy atom. The smallest absolute Gasteiger partial charge is 0.170 e. The molecule has 0 radical (unpaired) electrons. The van der Waals surface area contributed by atoms with E-state index < -0.39 is 0 Å². The van der Waals surface area contributed by atoms with Crippen LogP contribution in [0.25, 0.3) is 0 Å². The molecule has 0 bridgehead atoms. The Bertz CT molecular complexity index is 615. The van der Waals surface area contributed by atoms with Crippen molar-refractivity contribution >= 4 is 5.84 Å². The summed E-state index contributed by atoms with van der Waals surface area (Å²) in [4.78, 5) is 5.36. The molecule has 0 amide bonds. The monoisotopic (exact) mass is 268 g/mol. The van der Waals surface area contributed by atoms with Gasteiger partial charge in [-0.2, -0.15) is 0 Å². The van der Waals surface area contributed by atoms with Crippen molar-refractivity contribution in [3.8, 4) is 0 Å². The first-order chi connectivity index (χ1) is 9.56. The van der Waals surface area contributed by atoms with Crippen LogP contribution in [0.15, 0.2) is 47.6 Å². The third kappa shape index (κ3) is 3.60. The summed E-state index contributed by atoms with van der Waals surface area (Å²) in [5, 5.41) is 3.98. The summed E-state index contributed by atoms with van der Waals surface area (Å²) in [6, 6.07) is 14.2. The Morgan fingerprint density at radius 3 is 2.35 bits per heavy atom. The van der Waals surface area contributed by atoms with Crippen LogP contribution in [0.1, 0.15) is 27.8 Å². The maximum atomic E-state index is 5.90. The number of rotatable bonds is 4. The average Bonchev–Trinajstić information content (AvgIpc) is 2.43. The standard InChI is InChI=1S/C17H20N2O/c1-12-5-8-15(9-6-12)17(18)19-20-11-16-10-13(2)4-7-14(16)3/h4-10H,11H2,1-3H3,(H2,18,19). The summed E-state index contributed by atoms with van der Waals surface area (Å²) < 4.78 is 0. The highest BCUT2D eigenvalue weighted by Crippen LogP contribution is 2.12. The highest BCUT2D eigenvalue weighted by molar-refractivity contribution is 5.97. The van der Waals surface area contributed by atoms with Gasteiger partial charge in [-0.05, 0) is 31.9 Å². The predicted molar refractivity (Wildman–Crippen MR) is 82.6 cm³/mol. The van der Waals surface area contributed by atoms with Crippen molar-refractivity contribution in [2.24, 2.45) is 10.9 Å². The molecule has 2 rings (SSSR count). The molecule has 0 unspecified atom stereocenters. The molecular formula is C17H20N2O. The molecule has 20 heavy (non-hydrogen) atoms. The second kappa shape index (κ2) is 6.24. The molecule has 0 saturated carbocycles. The van der Waals surface area contributed by atoms with Crippen molar-refractivity contribution < 1.29 is 4.84 Å². The van der Waals surface area contributed by atoms with Crippen LogP contribution in [-0.4, -0.2) is 5.84 Å². The lowest BCUT2D eigenvalue weighted by Crippen LogP contribution is -2.13. The Morgan fingerprint density at radius 1 is 1.00 bits per heavy atom. The first-order valence-corrected chi connectivity index (χ1v) is 6.65. The van der Waals surface area contributed by atoms with Crippen LogP contribution in [-0.2, 0) is 11.4 Å². The Kier molecular flexibility index (Phi) is 4.41. The van der Waals surface area contributed by atoms with E-state index in [0.29, 0.717) is 12.4 Å². The summed E-state index contributed by atoms with van der Waals surface area (Å²) in [5.41, 5.74) is 11.5. The molecular weight excluding hydrogens is 248 g/mol. The fourth-order valence-electron chi connectivity index (χ4n) is 1.90. The quantitative estimate of drug-likeness (QED) is 0.524. The van der Waals surface area contributed by atoms with Crippen LogP contribution in [0.4, 0.5) is 0 Å². The van der Waals surface area contributed by atoms with E-state index in [1.54, 1.807) is 0 Å². The number of aryl methyl sites for hydroxylation is 3. The minimum Gasteiger partial charge on any atom is -0.389 e. The molecule has 0 aromatic heterocycles. The molecule has 0 spiro atoms. The van der Waals surface area contributed by atoms with E-state index in [2.05, 4.69) is 37.2 Å². The van der Waals surface area contributed by atoms with Gasteiger partial charge in [0.15, 0.2) is 5.84 Å². The number of hydrogen-bond acceptors (Lipinski definition) is 2. The Labute approximate surface area is 120 Å². The SMILES string of the molecule is Cc1ccc(C(N)=NOCc2cc(C)ccc2C)cc1. The van der Waals surface area contributed by atoms with Gasteiger partial charge in [0.2, 0.25) is 0 Å². The Hall–Kier alpha value is -2.29. The first kappa shape index (κ1) is 14.1. The van der Waals surface area contributed by atoms with E-state index in [1.165, 1.54) is 16.7 Å². The molecule has 0 aliphatic carbocycles. The fraction of sp³-hybridized carbons (Fsp3) is 0.235. The van der Waals surface area contributed by atoms with Crippen LogP contribution in [0, 0.1) is 20.8 Å². The first-order valence-electron chi connectivity index (χ1n) is 6.65. The van der Waals surface area contributed by atoms with E-state index >= 15 is 0 Å². The van der Waals surface area contributed by atoms with Gasteiger partial charge < -0.3 is 10.6 Å². The van der Waals surface area contributed by atoms with Crippen LogP contribution in [0.3, 0.4) is 0 Å². The van der Waals surface area contributed by atoms with E-state index in [0.717, 1.165) is 11.1 Å². The minimum atomic E-state index is 0.398. The molecule has 2 aromatic carbocycles. The van der Waals surface area contributed by atoms with Crippen molar-refractivity contribution in [2.75, 3.05) is 0 Å². The second-order valence-electron chi connectivity index (χ2n) is 5.05. The van der Waals surface area contributed by atoms with E-state index in [4.69, 9.17) is 10.6 Å². The lowest BCUT2D eigenvalue weighted by molar-refractivity contribution is 0.130. The molecule has 104 valence electrons. The van der Waals surface area contributed by atoms with Gasteiger partial charge >= 0.3 is 0 Å². The van der Waals surface area contributed by atoms with Gasteiger partial charge in [0.1, 0.15) is 6.61 Å². The summed E-state index contributed by atoms with van der Waals surface area (Å²) in [7, 11) is 0. The predicted octanol–water partition coefficient (Wildman–Crippen LogP) is 3.45. The minimum absolute atomic E-state index is 0.398. The van der Waals surface area contributed by atoms with Gasteiger partial charge in [0.05, 0.1) is 0 Å². The molecule has 2 aromatic rings. The van der Waals surface area contributed by atoms with Gasteiger partial charge in [-0.1, -0.05) is 58.7 Å². The molecule has 0 aliphatic heterocycles. The molecule has 0 saturated heterocycles. The van der Waals surface area contributed by atoms with Crippen LogP contribution < -0.4 is 5.73 Å². The highest BCUT2D eigenvalue weighted by atomic mass is 16.6. The van der Waals surface area contributed by atoms with Crippen molar-refractivity contribution in [3.63, 3.8) is 0 Å². The maximum absolute atomic E-state index is 5.90. The molecule has 0 aliphatic rings. The van der Waals surface area contributed by atoms with Crippen LogP contribution in [0.5, 0.6) is 0 Å². The van der Waals surface area contributed by atoms with E-state index in [9.17, 15) is 0 Å². The lowest BCUT2D eigenvalue weighted by Gasteiger charge is -2.06. The zero-order valence-electron chi connectivity index (χ0n) is 12.2. The van der Waals surface area contributed by atoms with E-state index in [-0.39, 0.29) is 0 Å². The summed E-state index contributed by atoms with van der Waals surface area (Å²) in [6.07, 6.45) is 0. The fourth-order valence-corrected chi connectivity index (χ4v) is 1.90. The van der Waals surface area contributed by atoms with Gasteiger partial charge in [0, 0.05) is 5.56 Å². The number of amidine groups is 1. The van der Waals surface area contributed by atoms with Crippen LogP contribution >= 0.6 is 0 Å². The third-order valence-corrected chi connectivity index (χ3v) is 3.23. The van der Waals surface area contributed by atoms with Gasteiger partial charge in [-0.15, -0.1) is 0 Å². The number of oxime groups is 1. The largest absolute Gasteiger partial charge is 0.389 e. The second-order valence-corrected chi connectivity index (χ2v) is 5.05. The summed E-state index contributed by atoms with van der Waals surface area (Å²) in [5.74, 6) is 0.398. The topological polar surface area (TPSA) is 47.6 Å². The molecule has 0 atom stereocenters. The normalized spacial score (nSPS) is 11.4. The zero-order valence-corrected chi connectivity index (χ0v) is 12.2. The van der Waals surface area contributed by atoms with E-state index in [1.807, 2.05) is 31.2 Å². The van der Waals surface area contributed by atoms with Crippen molar-refractivity contribution in [1.29, 1.82) is 0 Å². The molecule has 0 heterocycles. The van der Waals surface area contributed by atoms with Crippen molar-refractivity contribution in [2.45, 2.75) is 27.4 Å².